The number of carbonyl (C=O) groups is 1. The minimum atomic E-state index is -0.761. The van der Waals surface area contributed by atoms with E-state index in [0.717, 1.165) is 0 Å². The number of benzene rings is 2. The number of fused-ring (bicyclic) bond motifs is 1. The first kappa shape index (κ1) is 14.4. The predicted octanol–water partition coefficient (Wildman–Crippen LogP) is 2.73. The molecule has 0 saturated heterocycles. The van der Waals surface area contributed by atoms with E-state index in [1.807, 2.05) is 6.07 Å². The first-order chi connectivity index (χ1) is 10.7. The number of hydrogen-bond donors (Lipinski definition) is 1. The van der Waals surface area contributed by atoms with E-state index in [-0.39, 0.29) is 11.5 Å². The molecule has 0 radical (unpaired) electrons. The van der Waals surface area contributed by atoms with Crippen molar-refractivity contribution in [1.82, 2.24) is 0 Å². The molecule has 2 aromatic carbocycles. The normalized spacial score (nSPS) is 20.2. The Morgan fingerprint density at radius 1 is 1.14 bits per heavy atom. The molecule has 0 spiro atoms. The number of Topliss-reactive ketones (excluding diaryl/α,β-unsaturated/α-hetero) is 1. The monoisotopic (exact) mass is 300 g/mol. The van der Waals surface area contributed by atoms with E-state index < -0.39 is 12.2 Å². The Labute approximate surface area is 128 Å². The number of carbonyl (C=O) groups excluding carboxylic acids is 1. The molecule has 0 aliphatic carbocycles. The van der Waals surface area contributed by atoms with E-state index in [1.165, 1.54) is 20.3 Å². The molecule has 0 unspecified atom stereocenters. The molecule has 5 heteroatoms. The van der Waals surface area contributed by atoms with Crippen molar-refractivity contribution in [3.63, 3.8) is 0 Å². The topological polar surface area (TPSA) is 65.0 Å². The third-order valence-electron chi connectivity index (χ3n) is 3.73. The van der Waals surface area contributed by atoms with Gasteiger partial charge in [-0.1, -0.05) is 18.2 Å². The lowest BCUT2D eigenvalue weighted by molar-refractivity contribution is -0.000684. The Morgan fingerprint density at radius 2 is 1.91 bits per heavy atom. The summed E-state index contributed by atoms with van der Waals surface area (Å²) >= 11 is 0. The molecule has 22 heavy (non-hydrogen) atoms. The van der Waals surface area contributed by atoms with E-state index in [4.69, 9.17) is 14.2 Å². The van der Waals surface area contributed by atoms with E-state index >= 15 is 0 Å². The summed E-state index contributed by atoms with van der Waals surface area (Å²) in [6, 6.07) is 12.0. The second-order valence-electron chi connectivity index (χ2n) is 4.99. The first-order valence-electron chi connectivity index (χ1n) is 6.85. The number of phenolic OH excluding ortho intramolecular Hbond substituents is 1. The summed E-state index contributed by atoms with van der Waals surface area (Å²) in [7, 11) is 2.94. The van der Waals surface area contributed by atoms with Gasteiger partial charge in [0.15, 0.2) is 29.5 Å². The van der Waals surface area contributed by atoms with E-state index in [1.54, 1.807) is 30.3 Å². The fourth-order valence-electron chi connectivity index (χ4n) is 2.62. The smallest absolute Gasteiger partial charge is 0.199 e. The lowest BCUT2D eigenvalue weighted by atomic mass is 9.93. The van der Waals surface area contributed by atoms with Crippen molar-refractivity contribution in [2.24, 2.45) is 0 Å². The number of phenols is 1. The summed E-state index contributed by atoms with van der Waals surface area (Å²) in [6.45, 7) is 0. The van der Waals surface area contributed by atoms with Crippen molar-refractivity contribution in [2.75, 3.05) is 14.2 Å². The van der Waals surface area contributed by atoms with Crippen molar-refractivity contribution in [3.05, 3.63) is 53.6 Å². The van der Waals surface area contributed by atoms with Gasteiger partial charge in [0.25, 0.3) is 0 Å². The molecule has 2 aromatic rings. The van der Waals surface area contributed by atoms with Crippen LogP contribution >= 0.6 is 0 Å². The molecule has 3 rings (SSSR count). The summed E-state index contributed by atoms with van der Waals surface area (Å²) in [6.07, 6.45) is -1.38. The van der Waals surface area contributed by atoms with Crippen LogP contribution < -0.4 is 9.47 Å². The predicted molar refractivity (Wildman–Crippen MR) is 79.6 cm³/mol. The number of rotatable bonds is 3. The fraction of sp³-hybridized carbons (Fsp3) is 0.235. The minimum Gasteiger partial charge on any atom is -0.504 e. The molecule has 5 nitrogen and oxygen atoms in total. The Kier molecular flexibility index (Phi) is 3.73. The maximum Gasteiger partial charge on any atom is 0.199 e. The first-order valence-corrected chi connectivity index (χ1v) is 6.85. The van der Waals surface area contributed by atoms with Gasteiger partial charge in [-0.2, -0.15) is 0 Å². The van der Waals surface area contributed by atoms with Gasteiger partial charge >= 0.3 is 0 Å². The van der Waals surface area contributed by atoms with Gasteiger partial charge in [-0.15, -0.1) is 0 Å². The zero-order chi connectivity index (χ0) is 15.7. The molecular formula is C17H16O5. The molecule has 0 bridgehead atoms. The van der Waals surface area contributed by atoms with Crippen LogP contribution in [0.5, 0.6) is 17.2 Å². The van der Waals surface area contributed by atoms with Gasteiger partial charge in [-0.3, -0.25) is 4.79 Å². The Balaban J connectivity index is 2.03. The highest BCUT2D eigenvalue weighted by Gasteiger charge is 2.38. The quantitative estimate of drug-likeness (QED) is 0.944. The molecular weight excluding hydrogens is 284 g/mol. The Hall–Kier alpha value is -2.53. The number of aromatic hydroxyl groups is 1. The number of methoxy groups -OCH3 is 2. The highest BCUT2D eigenvalue weighted by molar-refractivity contribution is 6.03. The van der Waals surface area contributed by atoms with Crippen molar-refractivity contribution in [1.29, 1.82) is 0 Å². The van der Waals surface area contributed by atoms with Gasteiger partial charge < -0.3 is 19.3 Å². The zero-order valence-corrected chi connectivity index (χ0v) is 12.3. The van der Waals surface area contributed by atoms with Gasteiger partial charge in [0.1, 0.15) is 5.75 Å². The van der Waals surface area contributed by atoms with E-state index in [0.29, 0.717) is 22.6 Å². The van der Waals surface area contributed by atoms with Gasteiger partial charge in [0.2, 0.25) is 0 Å². The lowest BCUT2D eigenvalue weighted by Crippen LogP contribution is -2.37. The van der Waals surface area contributed by atoms with E-state index in [2.05, 4.69) is 0 Å². The largest absolute Gasteiger partial charge is 0.504 e. The highest BCUT2D eigenvalue weighted by Crippen LogP contribution is 2.38. The standard InChI is InChI=1S/C17H16O5/c1-20-14-8-7-10(9-12(14)18)16-17(21-2)15(19)11-5-3-4-6-13(11)22-16/h3-9,16-18H,1-2H3/t16-,17+/m0/s1. The van der Waals surface area contributed by atoms with Crippen molar-refractivity contribution < 1.29 is 24.1 Å². The molecule has 0 amide bonds. The van der Waals surface area contributed by atoms with Crippen LogP contribution in [0.2, 0.25) is 0 Å². The molecule has 114 valence electrons. The number of hydrogen-bond acceptors (Lipinski definition) is 5. The van der Waals surface area contributed by atoms with Crippen molar-refractivity contribution >= 4 is 5.78 Å². The SMILES string of the molecule is COc1ccc([C@@H]2Oc3ccccc3C(=O)[C@H]2OC)cc1O. The molecule has 1 aliphatic rings. The van der Waals surface area contributed by atoms with Crippen molar-refractivity contribution in [2.45, 2.75) is 12.2 Å². The summed E-state index contributed by atoms with van der Waals surface area (Å²) in [4.78, 5) is 12.5. The fourth-order valence-corrected chi connectivity index (χ4v) is 2.62. The van der Waals surface area contributed by atoms with Crippen LogP contribution in [0.25, 0.3) is 0 Å². The molecule has 0 fully saturated rings. The highest BCUT2D eigenvalue weighted by atomic mass is 16.5. The molecule has 0 aromatic heterocycles. The van der Waals surface area contributed by atoms with Crippen molar-refractivity contribution in [3.8, 4) is 17.2 Å². The number of ketones is 1. The third-order valence-corrected chi connectivity index (χ3v) is 3.73. The second-order valence-corrected chi connectivity index (χ2v) is 4.99. The van der Waals surface area contributed by atoms with Gasteiger partial charge in [-0.05, 0) is 29.8 Å². The van der Waals surface area contributed by atoms with Gasteiger partial charge in [-0.25, -0.2) is 0 Å². The van der Waals surface area contributed by atoms with Crippen LogP contribution in [0, 0.1) is 0 Å². The number of ether oxygens (including phenoxy) is 3. The molecule has 0 saturated carbocycles. The lowest BCUT2D eigenvalue weighted by Gasteiger charge is -2.31. The van der Waals surface area contributed by atoms with Crippen LogP contribution in [0.4, 0.5) is 0 Å². The molecule has 2 atom stereocenters. The van der Waals surface area contributed by atoms with Crippen LogP contribution in [0.15, 0.2) is 42.5 Å². The summed E-state index contributed by atoms with van der Waals surface area (Å²) < 4.78 is 16.3. The second kappa shape index (κ2) is 5.69. The summed E-state index contributed by atoms with van der Waals surface area (Å²) in [5.74, 6) is 0.732. The summed E-state index contributed by atoms with van der Waals surface area (Å²) in [5, 5.41) is 9.94. The van der Waals surface area contributed by atoms with Gasteiger partial charge in [0, 0.05) is 7.11 Å². The maximum atomic E-state index is 12.5. The zero-order valence-electron chi connectivity index (χ0n) is 12.3. The third kappa shape index (κ3) is 2.29. The number of para-hydroxylation sites is 1. The Morgan fingerprint density at radius 3 is 2.59 bits per heavy atom. The minimum absolute atomic E-state index is 0.00948. The van der Waals surface area contributed by atoms with Crippen LogP contribution in [-0.2, 0) is 4.74 Å². The average Bonchev–Trinajstić information content (AvgIpc) is 2.54. The summed E-state index contributed by atoms with van der Waals surface area (Å²) in [5.41, 5.74) is 1.15. The molecule has 1 heterocycles. The van der Waals surface area contributed by atoms with Crippen LogP contribution in [0.1, 0.15) is 22.0 Å². The molecule has 1 aliphatic heterocycles. The van der Waals surface area contributed by atoms with Gasteiger partial charge in [0.05, 0.1) is 12.7 Å². The Bertz CT molecular complexity index is 710. The molecule has 1 N–H and O–H groups in total. The van der Waals surface area contributed by atoms with Crippen LogP contribution in [-0.4, -0.2) is 31.2 Å². The van der Waals surface area contributed by atoms with Crippen LogP contribution in [0.3, 0.4) is 0 Å². The average molecular weight is 300 g/mol. The van der Waals surface area contributed by atoms with E-state index in [9.17, 15) is 9.90 Å². The maximum absolute atomic E-state index is 12.5.